The summed E-state index contributed by atoms with van der Waals surface area (Å²) in [6, 6.07) is 22.6. The van der Waals surface area contributed by atoms with Crippen LogP contribution < -0.4 is 4.74 Å². The minimum atomic E-state index is 0.540. The maximum absolute atomic E-state index is 9.35. The molecular formula is C21H15BrN2O. The Bertz CT molecular complexity index is 1100. The molecule has 122 valence electrons. The predicted molar refractivity (Wildman–Crippen MR) is 104 cm³/mol. The van der Waals surface area contributed by atoms with Crippen LogP contribution >= 0.6 is 15.9 Å². The van der Waals surface area contributed by atoms with Crippen molar-refractivity contribution in [2.75, 3.05) is 6.61 Å². The maximum Gasteiger partial charge on any atom is 0.127 e. The van der Waals surface area contributed by atoms with Crippen LogP contribution in [0.15, 0.2) is 71.3 Å². The molecule has 1 heterocycles. The number of aromatic nitrogens is 1. The Morgan fingerprint density at radius 3 is 2.72 bits per heavy atom. The number of nitriles is 1. The Balaban J connectivity index is 1.58. The second-order valence-electron chi connectivity index (χ2n) is 5.84. The second-order valence-corrected chi connectivity index (χ2v) is 6.75. The average Bonchev–Trinajstić information content (AvgIpc) is 2.99. The molecular weight excluding hydrogens is 376 g/mol. The lowest BCUT2D eigenvalue weighted by atomic mass is 10.1. The number of hydrogen-bond donors (Lipinski definition) is 0. The van der Waals surface area contributed by atoms with E-state index in [1.807, 2.05) is 48.7 Å². The van der Waals surface area contributed by atoms with Gasteiger partial charge in [-0.05, 0) is 29.7 Å². The number of rotatable bonds is 4. The molecule has 0 saturated carbocycles. The SMILES string of the molecule is N#Cc1cn(CCOc2cccc3ccccc23)c2ccc(Br)cc12. The van der Waals surface area contributed by atoms with Gasteiger partial charge >= 0.3 is 0 Å². The van der Waals surface area contributed by atoms with Crippen molar-refractivity contribution in [2.24, 2.45) is 0 Å². The highest BCUT2D eigenvalue weighted by Gasteiger charge is 2.09. The predicted octanol–water partition coefficient (Wildman–Crippen LogP) is 5.51. The summed E-state index contributed by atoms with van der Waals surface area (Å²) in [6.07, 6.45) is 1.89. The highest BCUT2D eigenvalue weighted by atomic mass is 79.9. The van der Waals surface area contributed by atoms with Gasteiger partial charge in [0.05, 0.1) is 12.1 Å². The van der Waals surface area contributed by atoms with Crippen molar-refractivity contribution >= 4 is 37.6 Å². The molecule has 0 radical (unpaired) electrons. The molecule has 25 heavy (non-hydrogen) atoms. The number of ether oxygens (including phenoxy) is 1. The summed E-state index contributed by atoms with van der Waals surface area (Å²) in [5, 5.41) is 12.6. The molecule has 0 aliphatic heterocycles. The van der Waals surface area contributed by atoms with Crippen molar-refractivity contribution in [1.82, 2.24) is 4.57 Å². The third-order valence-corrected chi connectivity index (χ3v) is 4.80. The van der Waals surface area contributed by atoms with Gasteiger partial charge in [0, 0.05) is 27.0 Å². The van der Waals surface area contributed by atoms with Gasteiger partial charge in [-0.2, -0.15) is 5.26 Å². The molecule has 1 aromatic heterocycles. The fourth-order valence-electron chi connectivity index (χ4n) is 3.12. The van der Waals surface area contributed by atoms with Crippen molar-refractivity contribution in [3.05, 3.63) is 76.9 Å². The topological polar surface area (TPSA) is 38.0 Å². The lowest BCUT2D eigenvalue weighted by Gasteiger charge is -2.10. The van der Waals surface area contributed by atoms with Gasteiger partial charge in [-0.25, -0.2) is 0 Å². The monoisotopic (exact) mass is 390 g/mol. The zero-order chi connectivity index (χ0) is 17.2. The van der Waals surface area contributed by atoms with Crippen LogP contribution in [0.5, 0.6) is 5.75 Å². The molecule has 0 amide bonds. The molecule has 4 heteroatoms. The maximum atomic E-state index is 9.35. The van der Waals surface area contributed by atoms with Crippen LogP contribution in [0, 0.1) is 11.3 Å². The molecule has 0 unspecified atom stereocenters. The van der Waals surface area contributed by atoms with E-state index in [-0.39, 0.29) is 0 Å². The summed E-state index contributed by atoms with van der Waals surface area (Å²) in [5.41, 5.74) is 1.72. The van der Waals surface area contributed by atoms with E-state index in [4.69, 9.17) is 4.74 Å². The van der Waals surface area contributed by atoms with Crippen LogP contribution in [0.4, 0.5) is 0 Å². The Kier molecular flexibility index (Phi) is 4.17. The third kappa shape index (κ3) is 2.99. The zero-order valence-electron chi connectivity index (χ0n) is 13.4. The number of benzene rings is 3. The van der Waals surface area contributed by atoms with E-state index in [1.165, 1.54) is 5.39 Å². The molecule has 0 N–H and O–H groups in total. The molecule has 3 nitrogen and oxygen atoms in total. The Hall–Kier alpha value is -2.77. The molecule has 0 aliphatic carbocycles. The van der Waals surface area contributed by atoms with Crippen molar-refractivity contribution in [2.45, 2.75) is 6.54 Å². The molecule has 3 aromatic carbocycles. The van der Waals surface area contributed by atoms with E-state index in [2.05, 4.69) is 44.8 Å². The van der Waals surface area contributed by atoms with Gasteiger partial charge < -0.3 is 9.30 Å². The summed E-state index contributed by atoms with van der Waals surface area (Å²) in [6.45, 7) is 1.22. The third-order valence-electron chi connectivity index (χ3n) is 4.30. The van der Waals surface area contributed by atoms with Crippen molar-refractivity contribution in [3.8, 4) is 11.8 Å². The lowest BCUT2D eigenvalue weighted by Crippen LogP contribution is -2.07. The van der Waals surface area contributed by atoms with Crippen LogP contribution in [0.1, 0.15) is 5.56 Å². The van der Waals surface area contributed by atoms with Crippen LogP contribution in [0.3, 0.4) is 0 Å². The lowest BCUT2D eigenvalue weighted by molar-refractivity contribution is 0.304. The standard InChI is InChI=1S/C21H15BrN2O/c22-17-8-9-20-19(12-17)16(13-23)14-24(20)10-11-25-21-7-3-5-15-4-1-2-6-18(15)21/h1-9,12,14H,10-11H2. The first-order valence-electron chi connectivity index (χ1n) is 8.05. The Morgan fingerprint density at radius 1 is 1.00 bits per heavy atom. The van der Waals surface area contributed by atoms with Gasteiger partial charge in [-0.3, -0.25) is 0 Å². The van der Waals surface area contributed by atoms with Crippen LogP contribution in [0.2, 0.25) is 0 Å². The first kappa shape index (κ1) is 15.7. The molecule has 0 atom stereocenters. The van der Waals surface area contributed by atoms with Crippen LogP contribution in [-0.4, -0.2) is 11.2 Å². The fraction of sp³-hybridized carbons (Fsp3) is 0.0952. The molecule has 0 saturated heterocycles. The van der Waals surface area contributed by atoms with Gasteiger partial charge in [0.1, 0.15) is 18.4 Å². The van der Waals surface area contributed by atoms with Gasteiger partial charge in [-0.1, -0.05) is 52.3 Å². The summed E-state index contributed by atoms with van der Waals surface area (Å²) in [5.74, 6) is 0.887. The van der Waals surface area contributed by atoms with E-state index in [0.29, 0.717) is 18.7 Å². The van der Waals surface area contributed by atoms with Crippen LogP contribution in [-0.2, 0) is 6.54 Å². The van der Waals surface area contributed by atoms with E-state index in [9.17, 15) is 5.26 Å². The average molecular weight is 391 g/mol. The van der Waals surface area contributed by atoms with Crippen molar-refractivity contribution in [3.63, 3.8) is 0 Å². The van der Waals surface area contributed by atoms with E-state index >= 15 is 0 Å². The molecule has 0 bridgehead atoms. The molecule has 0 fully saturated rings. The van der Waals surface area contributed by atoms with E-state index < -0.39 is 0 Å². The normalized spacial score (nSPS) is 10.9. The first-order chi connectivity index (χ1) is 12.3. The van der Waals surface area contributed by atoms with Gasteiger partial charge in [0.15, 0.2) is 0 Å². The van der Waals surface area contributed by atoms with Gasteiger partial charge in [0.25, 0.3) is 0 Å². The quantitative estimate of drug-likeness (QED) is 0.460. The van der Waals surface area contributed by atoms with Crippen molar-refractivity contribution < 1.29 is 4.74 Å². The zero-order valence-corrected chi connectivity index (χ0v) is 15.0. The molecule has 4 rings (SSSR count). The largest absolute Gasteiger partial charge is 0.491 e. The smallest absolute Gasteiger partial charge is 0.127 e. The minimum Gasteiger partial charge on any atom is -0.491 e. The Morgan fingerprint density at radius 2 is 1.84 bits per heavy atom. The highest BCUT2D eigenvalue weighted by Crippen LogP contribution is 2.27. The summed E-state index contributed by atoms with van der Waals surface area (Å²) in [7, 11) is 0. The van der Waals surface area contributed by atoms with Gasteiger partial charge in [0.2, 0.25) is 0 Å². The van der Waals surface area contributed by atoms with Crippen molar-refractivity contribution in [1.29, 1.82) is 5.26 Å². The summed E-state index contributed by atoms with van der Waals surface area (Å²) >= 11 is 3.47. The van der Waals surface area contributed by atoms with Gasteiger partial charge in [-0.15, -0.1) is 0 Å². The highest BCUT2D eigenvalue weighted by molar-refractivity contribution is 9.10. The first-order valence-corrected chi connectivity index (χ1v) is 8.84. The summed E-state index contributed by atoms with van der Waals surface area (Å²) in [4.78, 5) is 0. The number of hydrogen-bond acceptors (Lipinski definition) is 2. The van der Waals surface area contributed by atoms with E-state index in [1.54, 1.807) is 0 Å². The molecule has 4 aromatic rings. The Labute approximate surface area is 154 Å². The van der Waals surface area contributed by atoms with Crippen LogP contribution in [0.25, 0.3) is 21.7 Å². The number of halogens is 1. The van der Waals surface area contributed by atoms with E-state index in [0.717, 1.165) is 26.5 Å². The number of nitrogens with zero attached hydrogens (tertiary/aromatic N) is 2. The fourth-order valence-corrected chi connectivity index (χ4v) is 3.48. The number of fused-ring (bicyclic) bond motifs is 2. The molecule has 0 aliphatic rings. The minimum absolute atomic E-state index is 0.540. The molecule has 0 spiro atoms. The second kappa shape index (κ2) is 6.62. The summed E-state index contributed by atoms with van der Waals surface area (Å²) < 4.78 is 9.07.